The molecule has 0 atom stereocenters. The topological polar surface area (TPSA) is 45.7 Å². The number of nitrogens with zero attached hydrogens (tertiary/aromatic N) is 1. The summed E-state index contributed by atoms with van der Waals surface area (Å²) < 4.78 is 36.9. The van der Waals surface area contributed by atoms with Crippen LogP contribution in [0.25, 0.3) is 0 Å². The predicted molar refractivity (Wildman–Crippen MR) is 113 cm³/mol. The molecular weight excluding hydrogens is 439 g/mol. The third kappa shape index (κ3) is 4.42. The maximum Gasteiger partial charge on any atom is 0.206 e. The first-order valence-electron chi connectivity index (χ1n) is 8.44. The quantitative estimate of drug-likeness (QED) is 0.436. The molecule has 1 heterocycles. The Labute approximate surface area is 180 Å². The largest absolute Gasteiger partial charge is 0.454 e. The molecule has 148 valence electrons. The minimum absolute atomic E-state index is 0.00355. The van der Waals surface area contributed by atoms with Crippen LogP contribution in [0.3, 0.4) is 0 Å². The van der Waals surface area contributed by atoms with Crippen LogP contribution in [-0.2, 0) is 6.54 Å². The van der Waals surface area contributed by atoms with Crippen LogP contribution in [0.4, 0.5) is 14.5 Å². The summed E-state index contributed by atoms with van der Waals surface area (Å²) in [5.41, 5.74) is 0.508. The van der Waals surface area contributed by atoms with Crippen molar-refractivity contribution in [1.29, 1.82) is 0 Å². The number of hydrogen-bond donors (Lipinski definition) is 2. The van der Waals surface area contributed by atoms with Crippen molar-refractivity contribution in [2.24, 2.45) is 4.99 Å². The fourth-order valence-electron chi connectivity index (χ4n) is 2.65. The number of para-hydroxylation sites is 2. The zero-order chi connectivity index (χ0) is 20.4. The van der Waals surface area contributed by atoms with E-state index in [2.05, 4.69) is 15.0 Å². The maximum absolute atomic E-state index is 14.0. The molecule has 0 aromatic heterocycles. The van der Waals surface area contributed by atoms with Gasteiger partial charge in [-0.2, -0.15) is 0 Å². The number of aliphatic imine (C=N–C) groups is 1. The summed E-state index contributed by atoms with van der Waals surface area (Å²) in [7, 11) is 0. The molecule has 9 heteroatoms. The van der Waals surface area contributed by atoms with Gasteiger partial charge in [-0.25, -0.2) is 13.8 Å². The van der Waals surface area contributed by atoms with Crippen molar-refractivity contribution in [2.75, 3.05) is 5.32 Å². The Balaban J connectivity index is 1.58. The highest BCUT2D eigenvalue weighted by molar-refractivity contribution is 7.98. The monoisotopic (exact) mass is 451 g/mol. The van der Waals surface area contributed by atoms with E-state index in [1.165, 1.54) is 11.9 Å². The molecule has 0 radical (unpaired) electrons. The van der Waals surface area contributed by atoms with Gasteiger partial charge >= 0.3 is 0 Å². The molecule has 29 heavy (non-hydrogen) atoms. The van der Waals surface area contributed by atoms with Gasteiger partial charge in [-0.3, -0.25) is 4.72 Å². The van der Waals surface area contributed by atoms with Gasteiger partial charge in [-0.1, -0.05) is 41.4 Å². The number of rotatable bonds is 4. The van der Waals surface area contributed by atoms with E-state index in [-0.39, 0.29) is 17.1 Å². The molecule has 0 unspecified atom stereocenters. The molecule has 0 aliphatic carbocycles. The molecule has 1 aliphatic heterocycles. The number of anilines is 1. The zero-order valence-corrected chi connectivity index (χ0v) is 17.0. The Morgan fingerprint density at radius 2 is 1.69 bits per heavy atom. The molecule has 0 saturated heterocycles. The Hall–Kier alpha value is -2.48. The maximum atomic E-state index is 14.0. The molecule has 0 spiro atoms. The molecule has 4 nitrogen and oxygen atoms in total. The summed E-state index contributed by atoms with van der Waals surface area (Å²) in [5, 5.41) is 3.58. The first-order valence-corrected chi connectivity index (χ1v) is 10.0. The van der Waals surface area contributed by atoms with E-state index in [1.807, 2.05) is 24.3 Å². The summed E-state index contributed by atoms with van der Waals surface area (Å²) in [6.07, 6.45) is 0. The number of ether oxygens (including phenoxy) is 1. The molecule has 4 rings (SSSR count). The summed E-state index contributed by atoms with van der Waals surface area (Å²) >= 11 is 13.1. The van der Waals surface area contributed by atoms with E-state index >= 15 is 0 Å². The highest BCUT2D eigenvalue weighted by atomic mass is 35.5. The highest BCUT2D eigenvalue weighted by Crippen LogP contribution is 2.40. The third-order valence-electron chi connectivity index (χ3n) is 4.05. The molecule has 1 aliphatic rings. The Kier molecular flexibility index (Phi) is 5.80. The normalized spacial score (nSPS) is 14.1. The molecule has 3 aromatic carbocycles. The molecule has 0 fully saturated rings. The lowest BCUT2D eigenvalue weighted by Gasteiger charge is -2.23. The van der Waals surface area contributed by atoms with Gasteiger partial charge in [0.2, 0.25) is 5.96 Å². The summed E-state index contributed by atoms with van der Waals surface area (Å²) in [6.45, 7) is -0.201. The van der Waals surface area contributed by atoms with Crippen LogP contribution < -0.4 is 14.8 Å². The van der Waals surface area contributed by atoms with Crippen LogP contribution in [0, 0.1) is 11.6 Å². The van der Waals surface area contributed by atoms with Crippen molar-refractivity contribution in [3.8, 4) is 11.5 Å². The van der Waals surface area contributed by atoms with Gasteiger partial charge in [0.25, 0.3) is 0 Å². The van der Waals surface area contributed by atoms with Crippen LogP contribution in [0.2, 0.25) is 10.0 Å². The average Bonchev–Trinajstić information content (AvgIpc) is 2.69. The van der Waals surface area contributed by atoms with Crippen LogP contribution in [-0.4, -0.2) is 5.96 Å². The number of hydrogen-bond acceptors (Lipinski definition) is 3. The van der Waals surface area contributed by atoms with Crippen LogP contribution >= 0.6 is 35.1 Å². The lowest BCUT2D eigenvalue weighted by molar-refractivity contribution is 0.484. The number of guanidine groups is 1. The SMILES string of the molecule is Fc1cc(Cl)cc(F)c1CN=C1NSc2cccc(Oc3ccccc3Cl)c2N1. The van der Waals surface area contributed by atoms with Gasteiger partial charge < -0.3 is 10.1 Å². The van der Waals surface area contributed by atoms with E-state index in [0.717, 1.165) is 17.0 Å². The van der Waals surface area contributed by atoms with Crippen LogP contribution in [0.15, 0.2) is 64.5 Å². The van der Waals surface area contributed by atoms with E-state index < -0.39 is 11.6 Å². The van der Waals surface area contributed by atoms with Gasteiger partial charge in [0.05, 0.1) is 22.2 Å². The second-order valence-electron chi connectivity index (χ2n) is 6.00. The fraction of sp³-hybridized carbons (Fsp3) is 0.0500. The second-order valence-corrected chi connectivity index (χ2v) is 7.70. The van der Waals surface area contributed by atoms with Crippen LogP contribution in [0.5, 0.6) is 11.5 Å². The number of benzene rings is 3. The second kappa shape index (κ2) is 8.49. The van der Waals surface area contributed by atoms with Crippen molar-refractivity contribution in [2.45, 2.75) is 11.4 Å². The Morgan fingerprint density at radius 3 is 2.45 bits per heavy atom. The summed E-state index contributed by atoms with van der Waals surface area (Å²) in [6, 6.07) is 14.8. The number of nitrogens with one attached hydrogen (secondary N) is 2. The van der Waals surface area contributed by atoms with Gasteiger partial charge in [0, 0.05) is 10.6 Å². The van der Waals surface area contributed by atoms with Crippen LogP contribution in [0.1, 0.15) is 5.56 Å². The van der Waals surface area contributed by atoms with E-state index in [9.17, 15) is 8.78 Å². The van der Waals surface area contributed by atoms with Gasteiger partial charge in [0.15, 0.2) is 5.75 Å². The van der Waals surface area contributed by atoms with E-state index in [0.29, 0.717) is 28.2 Å². The van der Waals surface area contributed by atoms with Crippen molar-refractivity contribution in [1.82, 2.24) is 4.72 Å². The van der Waals surface area contributed by atoms with Crippen molar-refractivity contribution >= 4 is 46.8 Å². The first-order chi connectivity index (χ1) is 14.0. The molecule has 0 saturated carbocycles. The first kappa shape index (κ1) is 19.8. The van der Waals surface area contributed by atoms with Crippen molar-refractivity contribution in [3.05, 3.63) is 81.8 Å². The van der Waals surface area contributed by atoms with Crippen molar-refractivity contribution < 1.29 is 13.5 Å². The fourth-order valence-corrected chi connectivity index (χ4v) is 3.74. The molecule has 2 N–H and O–H groups in total. The molecule has 3 aromatic rings. The highest BCUT2D eigenvalue weighted by Gasteiger charge is 2.19. The lowest BCUT2D eigenvalue weighted by atomic mass is 10.2. The van der Waals surface area contributed by atoms with E-state index in [1.54, 1.807) is 18.2 Å². The minimum Gasteiger partial charge on any atom is -0.454 e. The number of halogens is 4. The standard InChI is InChI=1S/C20H13Cl2F2N3OS/c21-11-8-14(23)12(15(24)9-11)10-25-20-26-19-17(6-3-7-18(19)29-27-20)28-16-5-2-1-4-13(16)22/h1-9H,10H2,(H2,25,26,27). The lowest BCUT2D eigenvalue weighted by Crippen LogP contribution is -2.29. The smallest absolute Gasteiger partial charge is 0.206 e. The average molecular weight is 452 g/mol. The van der Waals surface area contributed by atoms with E-state index in [4.69, 9.17) is 27.9 Å². The third-order valence-corrected chi connectivity index (χ3v) is 5.43. The van der Waals surface area contributed by atoms with Crippen molar-refractivity contribution in [3.63, 3.8) is 0 Å². The Morgan fingerprint density at radius 1 is 0.966 bits per heavy atom. The minimum atomic E-state index is -0.744. The van der Waals surface area contributed by atoms with Gasteiger partial charge in [-0.05, 0) is 48.3 Å². The zero-order valence-electron chi connectivity index (χ0n) is 14.7. The van der Waals surface area contributed by atoms with Gasteiger partial charge in [-0.15, -0.1) is 0 Å². The Bertz CT molecular complexity index is 1090. The molecule has 0 bridgehead atoms. The predicted octanol–water partition coefficient (Wildman–Crippen LogP) is 6.64. The molecule has 0 amide bonds. The molecular formula is C20H13Cl2F2N3OS. The summed E-state index contributed by atoms with van der Waals surface area (Å²) in [5.74, 6) is -0.0961. The summed E-state index contributed by atoms with van der Waals surface area (Å²) in [4.78, 5) is 5.11. The van der Waals surface area contributed by atoms with Gasteiger partial charge in [0.1, 0.15) is 17.4 Å². The number of fused-ring (bicyclic) bond motifs is 1.